The van der Waals surface area contributed by atoms with Crippen LogP contribution in [0.1, 0.15) is 17.2 Å². The Kier molecular flexibility index (Phi) is 7.08. The topological polar surface area (TPSA) is 207 Å². The van der Waals surface area contributed by atoms with Gasteiger partial charge in [0.1, 0.15) is 52.5 Å². The number of phenolic OH excluding ortho intramolecular Hbond substituents is 4. The van der Waals surface area contributed by atoms with Crippen molar-refractivity contribution in [3.05, 3.63) is 76.0 Å². The highest BCUT2D eigenvalue weighted by Gasteiger charge is 2.48. The van der Waals surface area contributed by atoms with Gasteiger partial charge < -0.3 is 49.6 Å². The van der Waals surface area contributed by atoms with Gasteiger partial charge in [-0.05, 0) is 17.7 Å². The molecule has 7 N–H and O–H groups in total. The largest absolute Gasteiger partial charge is 0.507 e. The van der Waals surface area contributed by atoms with Crippen LogP contribution in [-0.4, -0.2) is 72.7 Å². The molecule has 5 atom stereocenters. The summed E-state index contributed by atoms with van der Waals surface area (Å²) >= 11 is 0. The lowest BCUT2D eigenvalue weighted by atomic mass is 9.89. The molecule has 40 heavy (non-hydrogen) atoms. The Hall–Kier alpha value is -4.62. The second-order valence-corrected chi connectivity index (χ2v) is 9.20. The number of rotatable bonds is 5. The predicted molar refractivity (Wildman–Crippen MR) is 139 cm³/mol. The Morgan fingerprint density at radius 3 is 2.30 bits per heavy atom. The second kappa shape index (κ2) is 10.5. The number of ether oxygens (including phenoxy) is 2. The van der Waals surface area contributed by atoms with E-state index >= 15 is 0 Å². The monoisotopic (exact) mass is 552 g/mol. The number of benzene rings is 3. The molecule has 3 aromatic carbocycles. The molecule has 208 valence electrons. The maximum atomic E-state index is 13.2. The Balaban J connectivity index is 1.49. The normalized spacial score (nSPS) is 23.1. The van der Waals surface area contributed by atoms with Gasteiger partial charge in [-0.25, -0.2) is 4.79 Å². The van der Waals surface area contributed by atoms with Crippen molar-refractivity contribution < 1.29 is 54.4 Å². The first-order chi connectivity index (χ1) is 19.1. The average molecular weight is 552 g/mol. The molecule has 1 aromatic heterocycles. The Morgan fingerprint density at radius 1 is 0.925 bits per heavy atom. The van der Waals surface area contributed by atoms with Crippen LogP contribution in [0.3, 0.4) is 0 Å². The molecule has 1 fully saturated rings. The Morgan fingerprint density at radius 2 is 1.60 bits per heavy atom. The van der Waals surface area contributed by atoms with E-state index in [1.807, 2.05) is 0 Å². The smallest absolute Gasteiger partial charge is 0.331 e. The number of hydrogen-bond acceptors (Lipinski definition) is 12. The van der Waals surface area contributed by atoms with Gasteiger partial charge in [0.15, 0.2) is 17.6 Å². The van der Waals surface area contributed by atoms with E-state index in [-0.39, 0.29) is 16.6 Å². The van der Waals surface area contributed by atoms with Crippen molar-refractivity contribution >= 4 is 34.0 Å². The summed E-state index contributed by atoms with van der Waals surface area (Å²) in [5.74, 6) is -3.61. The number of hydrogen-bond donors (Lipinski definition) is 7. The summed E-state index contributed by atoms with van der Waals surface area (Å²) in [5, 5.41) is 72.2. The summed E-state index contributed by atoms with van der Waals surface area (Å²) in [6.45, 7) is -0.786. The number of aliphatic hydroxyl groups is 3. The zero-order chi connectivity index (χ0) is 28.7. The Bertz CT molecular complexity index is 1670. The minimum atomic E-state index is -1.90. The molecule has 2 heterocycles. The predicted octanol–water partition coefficient (Wildman–Crippen LogP) is 1.55. The molecule has 5 rings (SSSR count). The van der Waals surface area contributed by atoms with Crippen molar-refractivity contribution in [2.75, 3.05) is 6.61 Å². The SMILES string of the molecule is O=C(/C=C/c1ccccc1)O[C@H]1[C@H](O)[C@@H](O)[C@H](c2c(O)cc3oc4cc(O)c(O)cc4c(=O)c3c2O)O[C@@H]1CO. The van der Waals surface area contributed by atoms with Crippen molar-refractivity contribution in [3.63, 3.8) is 0 Å². The van der Waals surface area contributed by atoms with E-state index < -0.39 is 82.5 Å². The van der Waals surface area contributed by atoms with Crippen LogP contribution in [0.25, 0.3) is 28.0 Å². The molecule has 1 aliphatic heterocycles. The van der Waals surface area contributed by atoms with Gasteiger partial charge >= 0.3 is 5.97 Å². The van der Waals surface area contributed by atoms with Gasteiger partial charge in [0, 0.05) is 18.2 Å². The lowest BCUT2D eigenvalue weighted by Crippen LogP contribution is -2.56. The summed E-state index contributed by atoms with van der Waals surface area (Å²) in [7, 11) is 0. The number of esters is 1. The van der Waals surface area contributed by atoms with Crippen molar-refractivity contribution in [3.8, 4) is 23.0 Å². The third-order valence-electron chi connectivity index (χ3n) is 6.66. The quantitative estimate of drug-likeness (QED) is 0.0814. The number of aromatic hydroxyl groups is 4. The van der Waals surface area contributed by atoms with Crippen LogP contribution in [0.4, 0.5) is 0 Å². The molecule has 12 nitrogen and oxygen atoms in total. The zero-order valence-electron chi connectivity index (χ0n) is 20.5. The fraction of sp³-hybridized carbons (Fsp3) is 0.214. The lowest BCUT2D eigenvalue weighted by molar-refractivity contribution is -0.240. The first-order valence-corrected chi connectivity index (χ1v) is 12.0. The van der Waals surface area contributed by atoms with Crippen molar-refractivity contribution in [1.82, 2.24) is 0 Å². The Labute approximate surface area is 224 Å². The summed E-state index contributed by atoms with van der Waals surface area (Å²) < 4.78 is 16.4. The van der Waals surface area contributed by atoms with E-state index in [0.717, 1.165) is 24.3 Å². The minimum absolute atomic E-state index is 0.143. The summed E-state index contributed by atoms with van der Waals surface area (Å²) in [6, 6.07) is 11.7. The number of aliphatic hydroxyl groups excluding tert-OH is 3. The molecule has 1 aliphatic rings. The molecule has 4 aromatic rings. The third-order valence-corrected chi connectivity index (χ3v) is 6.66. The first-order valence-electron chi connectivity index (χ1n) is 12.0. The van der Waals surface area contributed by atoms with E-state index in [0.29, 0.717) is 5.56 Å². The van der Waals surface area contributed by atoms with Crippen molar-refractivity contribution in [2.24, 2.45) is 0 Å². The molecular weight excluding hydrogens is 528 g/mol. The molecule has 12 heteroatoms. The zero-order valence-corrected chi connectivity index (χ0v) is 20.5. The molecule has 0 radical (unpaired) electrons. The first kappa shape index (κ1) is 27.0. The number of fused-ring (bicyclic) bond motifs is 2. The molecule has 0 spiro atoms. The second-order valence-electron chi connectivity index (χ2n) is 9.20. The van der Waals surface area contributed by atoms with Crippen LogP contribution in [0.2, 0.25) is 0 Å². The molecule has 0 aliphatic carbocycles. The highest BCUT2D eigenvalue weighted by Crippen LogP contribution is 2.45. The van der Waals surface area contributed by atoms with Crippen LogP contribution >= 0.6 is 0 Å². The van der Waals surface area contributed by atoms with Crippen LogP contribution in [0, 0.1) is 0 Å². The van der Waals surface area contributed by atoms with E-state index in [2.05, 4.69) is 0 Å². The van der Waals surface area contributed by atoms with Gasteiger partial charge in [0.05, 0.1) is 17.6 Å². The van der Waals surface area contributed by atoms with E-state index in [1.165, 1.54) is 6.08 Å². The van der Waals surface area contributed by atoms with Crippen LogP contribution < -0.4 is 5.43 Å². The maximum absolute atomic E-state index is 13.2. The highest BCUT2D eigenvalue weighted by molar-refractivity contribution is 5.96. The number of carbonyl (C=O) groups is 1. The van der Waals surface area contributed by atoms with Crippen LogP contribution in [0.15, 0.2) is 63.8 Å². The number of phenols is 4. The summed E-state index contributed by atoms with van der Waals surface area (Å²) in [6.07, 6.45) is -5.80. The van der Waals surface area contributed by atoms with Crippen LogP contribution in [-0.2, 0) is 14.3 Å². The van der Waals surface area contributed by atoms with Gasteiger partial charge in [-0.3, -0.25) is 4.79 Å². The standard InChI is InChI=1S/C28H24O12/c29-11-19-27(40-20(33)7-6-12-4-2-1-3-5-12)25(36)26(37)28(39-19)21-16(32)10-18-22(24(21)35)23(34)13-8-14(30)15(31)9-17(13)38-18/h1-10,19,25-32,35-37H,11H2/b7-6+/t19-,25-,26-,27-,28+/m1/s1. The van der Waals surface area contributed by atoms with Gasteiger partial charge in [-0.1, -0.05) is 30.3 Å². The minimum Gasteiger partial charge on any atom is -0.507 e. The highest BCUT2D eigenvalue weighted by atomic mass is 16.6. The molecule has 0 bridgehead atoms. The number of carbonyl (C=O) groups excluding carboxylic acids is 1. The van der Waals surface area contributed by atoms with Gasteiger partial charge in [-0.2, -0.15) is 0 Å². The molecule has 1 saturated heterocycles. The third kappa shape index (κ3) is 4.69. The van der Waals surface area contributed by atoms with Gasteiger partial charge in [-0.15, -0.1) is 0 Å². The molecule has 0 unspecified atom stereocenters. The van der Waals surface area contributed by atoms with E-state index in [4.69, 9.17) is 13.9 Å². The fourth-order valence-corrected chi connectivity index (χ4v) is 4.67. The van der Waals surface area contributed by atoms with E-state index in [9.17, 15) is 45.3 Å². The van der Waals surface area contributed by atoms with Gasteiger partial charge in [0.25, 0.3) is 0 Å². The average Bonchev–Trinajstić information content (AvgIpc) is 2.93. The van der Waals surface area contributed by atoms with Crippen LogP contribution in [0.5, 0.6) is 23.0 Å². The van der Waals surface area contributed by atoms with E-state index in [1.54, 1.807) is 30.3 Å². The maximum Gasteiger partial charge on any atom is 0.331 e. The molecule has 0 amide bonds. The molecule has 0 saturated carbocycles. The molecular formula is C28H24O12. The lowest BCUT2D eigenvalue weighted by Gasteiger charge is -2.41. The summed E-state index contributed by atoms with van der Waals surface area (Å²) in [5.41, 5.74) is -1.07. The summed E-state index contributed by atoms with van der Waals surface area (Å²) in [4.78, 5) is 25.6. The van der Waals surface area contributed by atoms with Crippen molar-refractivity contribution in [2.45, 2.75) is 30.5 Å². The van der Waals surface area contributed by atoms with Gasteiger partial charge in [0.2, 0.25) is 5.43 Å². The van der Waals surface area contributed by atoms with Crippen molar-refractivity contribution in [1.29, 1.82) is 0 Å². The fourth-order valence-electron chi connectivity index (χ4n) is 4.67.